The highest BCUT2D eigenvalue weighted by Crippen LogP contribution is 2.09. The van der Waals surface area contributed by atoms with E-state index in [1.54, 1.807) is 6.20 Å². The van der Waals surface area contributed by atoms with Gasteiger partial charge in [0.25, 0.3) is 0 Å². The van der Waals surface area contributed by atoms with Crippen LogP contribution in [-0.2, 0) is 17.9 Å². The third-order valence-corrected chi connectivity index (χ3v) is 3.50. The summed E-state index contributed by atoms with van der Waals surface area (Å²) in [6, 6.07) is 0.285. The van der Waals surface area contributed by atoms with Crippen molar-refractivity contribution in [2.24, 2.45) is 5.73 Å². The first-order valence-electron chi connectivity index (χ1n) is 6.82. The second kappa shape index (κ2) is 6.63. The van der Waals surface area contributed by atoms with Gasteiger partial charge >= 0.3 is 0 Å². The summed E-state index contributed by atoms with van der Waals surface area (Å²) in [5.41, 5.74) is 6.15. The Morgan fingerprint density at radius 3 is 2.84 bits per heavy atom. The van der Waals surface area contributed by atoms with Gasteiger partial charge in [-0.25, -0.2) is 4.68 Å². The van der Waals surface area contributed by atoms with Gasteiger partial charge < -0.3 is 16.0 Å². The van der Waals surface area contributed by atoms with Crippen LogP contribution in [0.2, 0.25) is 0 Å². The third-order valence-electron chi connectivity index (χ3n) is 3.50. The number of likely N-dealkylation sites (tertiary alicyclic amines) is 1. The van der Waals surface area contributed by atoms with Gasteiger partial charge in [-0.05, 0) is 19.4 Å². The van der Waals surface area contributed by atoms with E-state index < -0.39 is 0 Å². The first-order valence-corrected chi connectivity index (χ1v) is 6.82. The predicted octanol–water partition coefficient (Wildman–Crippen LogP) is -0.663. The molecule has 0 aliphatic carbocycles. The minimum absolute atomic E-state index is 0.0107. The fraction of sp³-hybridized carbons (Fsp3) is 0.750. The van der Waals surface area contributed by atoms with Crippen molar-refractivity contribution >= 4 is 5.91 Å². The molecule has 7 nitrogen and oxygen atoms in total. The zero-order chi connectivity index (χ0) is 13.7. The molecule has 2 rings (SSSR count). The minimum Gasteiger partial charge on any atom is -0.352 e. The van der Waals surface area contributed by atoms with Gasteiger partial charge in [-0.1, -0.05) is 12.1 Å². The summed E-state index contributed by atoms with van der Waals surface area (Å²) in [5, 5.41) is 10.8. The Balaban J connectivity index is 1.75. The van der Waals surface area contributed by atoms with Gasteiger partial charge in [0.2, 0.25) is 5.91 Å². The monoisotopic (exact) mass is 266 g/mol. The number of nitrogens with one attached hydrogen (secondary N) is 1. The molecule has 0 aromatic carbocycles. The maximum Gasteiger partial charge on any atom is 0.242 e. The molecule has 0 spiro atoms. The van der Waals surface area contributed by atoms with Crippen LogP contribution in [0, 0.1) is 0 Å². The Kier molecular flexibility index (Phi) is 4.86. The maximum atomic E-state index is 11.9. The summed E-state index contributed by atoms with van der Waals surface area (Å²) in [6.45, 7) is 5.92. The number of hydrogen-bond acceptors (Lipinski definition) is 5. The van der Waals surface area contributed by atoms with Crippen molar-refractivity contribution < 1.29 is 4.79 Å². The van der Waals surface area contributed by atoms with Crippen molar-refractivity contribution in [3.05, 3.63) is 11.9 Å². The van der Waals surface area contributed by atoms with Gasteiger partial charge in [0.05, 0.1) is 11.9 Å². The number of hydrogen-bond donors (Lipinski definition) is 2. The van der Waals surface area contributed by atoms with Crippen LogP contribution in [0.3, 0.4) is 0 Å². The lowest BCUT2D eigenvalue weighted by molar-refractivity contribution is -0.122. The number of carbonyl (C=O) groups is 1. The van der Waals surface area contributed by atoms with E-state index >= 15 is 0 Å². The van der Waals surface area contributed by atoms with E-state index in [0.29, 0.717) is 12.2 Å². The van der Waals surface area contributed by atoms with Crippen LogP contribution in [-0.4, -0.2) is 51.5 Å². The topological polar surface area (TPSA) is 89.1 Å². The Labute approximate surface area is 113 Å². The molecule has 1 aromatic rings. The molecule has 0 bridgehead atoms. The molecule has 1 aliphatic heterocycles. The highest BCUT2D eigenvalue weighted by atomic mass is 16.2. The molecule has 1 aromatic heterocycles. The van der Waals surface area contributed by atoms with Gasteiger partial charge in [0, 0.05) is 25.7 Å². The van der Waals surface area contributed by atoms with Gasteiger partial charge in [-0.2, -0.15) is 0 Å². The van der Waals surface area contributed by atoms with Gasteiger partial charge in [-0.3, -0.25) is 4.79 Å². The lowest BCUT2D eigenvalue weighted by atomic mass is 10.1. The van der Waals surface area contributed by atoms with Crippen LogP contribution in [0.1, 0.15) is 25.5 Å². The van der Waals surface area contributed by atoms with Crippen LogP contribution >= 0.6 is 0 Å². The normalized spacial score (nSPS) is 17.6. The Morgan fingerprint density at radius 1 is 1.53 bits per heavy atom. The number of amides is 1. The summed E-state index contributed by atoms with van der Waals surface area (Å²) in [6.07, 6.45) is 3.75. The van der Waals surface area contributed by atoms with Crippen molar-refractivity contribution in [1.29, 1.82) is 0 Å². The first kappa shape index (κ1) is 14.0. The number of nitrogens with two attached hydrogens (primary N) is 1. The van der Waals surface area contributed by atoms with Gasteiger partial charge in [0.15, 0.2) is 0 Å². The SMILES string of the molecule is CCN1CCC(NC(=O)Cn2cc(CN)nn2)CC1. The maximum absolute atomic E-state index is 11.9. The molecule has 7 heteroatoms. The molecule has 1 fully saturated rings. The molecule has 0 saturated carbocycles. The van der Waals surface area contributed by atoms with Crippen molar-refractivity contribution in [2.45, 2.75) is 38.9 Å². The van der Waals surface area contributed by atoms with E-state index in [9.17, 15) is 4.79 Å². The number of nitrogens with zero attached hydrogens (tertiary/aromatic N) is 4. The smallest absolute Gasteiger partial charge is 0.242 e. The minimum atomic E-state index is -0.0107. The number of aromatic nitrogens is 3. The highest BCUT2D eigenvalue weighted by Gasteiger charge is 2.19. The zero-order valence-corrected chi connectivity index (χ0v) is 11.4. The number of piperidine rings is 1. The molecule has 3 N–H and O–H groups in total. The summed E-state index contributed by atoms with van der Waals surface area (Å²) in [5.74, 6) is -0.0107. The molecule has 0 unspecified atom stereocenters. The average Bonchev–Trinajstić information content (AvgIpc) is 2.87. The molecule has 1 saturated heterocycles. The fourth-order valence-corrected chi connectivity index (χ4v) is 2.32. The predicted molar refractivity (Wildman–Crippen MR) is 71.2 cm³/mol. The van der Waals surface area contributed by atoms with E-state index in [4.69, 9.17) is 5.73 Å². The molecule has 0 atom stereocenters. The second-order valence-electron chi connectivity index (χ2n) is 4.89. The second-order valence-corrected chi connectivity index (χ2v) is 4.89. The quantitative estimate of drug-likeness (QED) is 0.738. The number of rotatable bonds is 5. The Morgan fingerprint density at radius 2 is 2.26 bits per heavy atom. The molecule has 1 aliphatic rings. The van der Waals surface area contributed by atoms with E-state index in [2.05, 4.69) is 27.5 Å². The Hall–Kier alpha value is -1.47. The zero-order valence-electron chi connectivity index (χ0n) is 11.4. The fourth-order valence-electron chi connectivity index (χ4n) is 2.32. The third kappa shape index (κ3) is 4.00. The molecular weight excluding hydrogens is 244 g/mol. The van der Waals surface area contributed by atoms with E-state index in [1.807, 2.05) is 0 Å². The molecular formula is C12H22N6O. The average molecular weight is 266 g/mol. The van der Waals surface area contributed by atoms with Crippen molar-refractivity contribution in [3.63, 3.8) is 0 Å². The molecule has 2 heterocycles. The molecule has 19 heavy (non-hydrogen) atoms. The standard InChI is InChI=1S/C12H22N6O/c1-2-17-5-3-10(4-6-17)14-12(19)9-18-8-11(7-13)15-16-18/h8,10H,2-7,9,13H2,1H3,(H,14,19). The largest absolute Gasteiger partial charge is 0.352 e. The molecule has 0 radical (unpaired) electrons. The van der Waals surface area contributed by atoms with Gasteiger partial charge in [-0.15, -0.1) is 5.10 Å². The van der Waals surface area contributed by atoms with Gasteiger partial charge in [0.1, 0.15) is 6.54 Å². The van der Waals surface area contributed by atoms with E-state index in [0.717, 1.165) is 32.5 Å². The summed E-state index contributed by atoms with van der Waals surface area (Å²) < 4.78 is 1.53. The van der Waals surface area contributed by atoms with Crippen molar-refractivity contribution in [3.8, 4) is 0 Å². The van der Waals surface area contributed by atoms with Crippen molar-refractivity contribution in [1.82, 2.24) is 25.2 Å². The summed E-state index contributed by atoms with van der Waals surface area (Å²) >= 11 is 0. The Bertz CT molecular complexity index is 410. The van der Waals surface area contributed by atoms with Crippen LogP contribution in [0.15, 0.2) is 6.20 Å². The van der Waals surface area contributed by atoms with Crippen LogP contribution in [0.5, 0.6) is 0 Å². The highest BCUT2D eigenvalue weighted by molar-refractivity contribution is 5.75. The summed E-state index contributed by atoms with van der Waals surface area (Å²) in [4.78, 5) is 14.3. The molecule has 1 amide bonds. The van der Waals surface area contributed by atoms with Crippen LogP contribution in [0.4, 0.5) is 0 Å². The number of carbonyl (C=O) groups excluding carboxylic acids is 1. The van der Waals surface area contributed by atoms with Crippen LogP contribution < -0.4 is 11.1 Å². The first-order chi connectivity index (χ1) is 9.21. The lowest BCUT2D eigenvalue weighted by Crippen LogP contribution is -2.45. The molecule has 106 valence electrons. The van der Waals surface area contributed by atoms with Crippen molar-refractivity contribution in [2.75, 3.05) is 19.6 Å². The van der Waals surface area contributed by atoms with E-state index in [-0.39, 0.29) is 18.5 Å². The lowest BCUT2D eigenvalue weighted by Gasteiger charge is -2.31. The van der Waals surface area contributed by atoms with Crippen LogP contribution in [0.25, 0.3) is 0 Å². The van der Waals surface area contributed by atoms with E-state index in [1.165, 1.54) is 4.68 Å². The summed E-state index contributed by atoms with van der Waals surface area (Å²) in [7, 11) is 0.